The molecule has 1 aliphatic rings. The molecule has 0 radical (unpaired) electrons. The number of aliphatic carboxylic acids is 1. The molecule has 0 unspecified atom stereocenters. The van der Waals surface area contributed by atoms with Gasteiger partial charge in [0.05, 0.1) is 6.54 Å². The second-order valence-corrected chi connectivity index (χ2v) is 4.99. The molecule has 5 heteroatoms. The van der Waals surface area contributed by atoms with Crippen molar-refractivity contribution in [2.75, 3.05) is 6.54 Å². The van der Waals surface area contributed by atoms with Crippen LogP contribution < -0.4 is 10.6 Å². The van der Waals surface area contributed by atoms with E-state index >= 15 is 0 Å². The molecular formula is C12H22N2O3. The number of carbonyl (C=O) groups is 2. The van der Waals surface area contributed by atoms with Crippen molar-refractivity contribution in [3.63, 3.8) is 0 Å². The summed E-state index contributed by atoms with van der Waals surface area (Å²) < 4.78 is 0. The lowest BCUT2D eigenvalue weighted by Gasteiger charge is -2.19. The highest BCUT2D eigenvalue weighted by Crippen LogP contribution is 2.17. The summed E-state index contributed by atoms with van der Waals surface area (Å²) in [5, 5.41) is 14.6. The molecule has 1 saturated carbocycles. The lowest BCUT2D eigenvalue weighted by atomic mass is 10.0. The van der Waals surface area contributed by atoms with E-state index in [4.69, 9.17) is 5.11 Å². The molecule has 17 heavy (non-hydrogen) atoms. The summed E-state index contributed by atoms with van der Waals surface area (Å²) in [6.07, 6.45) is 4.64. The molecule has 0 bridgehead atoms. The minimum absolute atomic E-state index is 0.108. The average Bonchev–Trinajstić information content (AvgIpc) is 2.74. The number of carboxylic acid groups (broad SMARTS) is 1. The number of carboxylic acids is 1. The number of carbonyl (C=O) groups excluding carboxylic acids is 1. The standard InChI is InChI=1S/C12H22N2O3/c1-8(2)11(12(16)17)14-10(15)7-13-9-5-3-4-6-9/h8-9,11,13H,3-7H2,1-2H3,(H,14,15)(H,16,17)/t11-/m1/s1. The number of hydrogen-bond acceptors (Lipinski definition) is 3. The number of hydrogen-bond donors (Lipinski definition) is 3. The van der Waals surface area contributed by atoms with Crippen LogP contribution in [0.3, 0.4) is 0 Å². The summed E-state index contributed by atoms with van der Waals surface area (Å²) >= 11 is 0. The lowest BCUT2D eigenvalue weighted by Crippen LogP contribution is -2.48. The minimum Gasteiger partial charge on any atom is -0.480 e. The summed E-state index contributed by atoms with van der Waals surface area (Å²) in [5.74, 6) is -1.32. The van der Waals surface area contributed by atoms with E-state index in [9.17, 15) is 9.59 Å². The molecule has 98 valence electrons. The molecule has 0 spiro atoms. The van der Waals surface area contributed by atoms with Crippen LogP contribution in [0.15, 0.2) is 0 Å². The monoisotopic (exact) mass is 242 g/mol. The van der Waals surface area contributed by atoms with Crippen molar-refractivity contribution in [1.29, 1.82) is 0 Å². The van der Waals surface area contributed by atoms with Gasteiger partial charge in [-0.3, -0.25) is 4.79 Å². The van der Waals surface area contributed by atoms with Gasteiger partial charge in [-0.1, -0.05) is 26.7 Å². The Balaban J connectivity index is 2.29. The highest BCUT2D eigenvalue weighted by molar-refractivity contribution is 5.84. The molecule has 0 heterocycles. The third-order valence-corrected chi connectivity index (χ3v) is 3.16. The van der Waals surface area contributed by atoms with Crippen LogP contribution >= 0.6 is 0 Å². The van der Waals surface area contributed by atoms with E-state index < -0.39 is 12.0 Å². The average molecular weight is 242 g/mol. The van der Waals surface area contributed by atoms with Crippen molar-refractivity contribution in [3.8, 4) is 0 Å². The molecular weight excluding hydrogens is 220 g/mol. The van der Waals surface area contributed by atoms with Crippen LogP contribution in [0.2, 0.25) is 0 Å². The van der Waals surface area contributed by atoms with E-state index in [1.165, 1.54) is 12.8 Å². The van der Waals surface area contributed by atoms with Gasteiger partial charge in [-0.25, -0.2) is 4.79 Å². The zero-order valence-electron chi connectivity index (χ0n) is 10.5. The first-order valence-corrected chi connectivity index (χ1v) is 6.26. The predicted octanol–water partition coefficient (Wildman–Crippen LogP) is 0.744. The topological polar surface area (TPSA) is 78.4 Å². The SMILES string of the molecule is CC(C)[C@@H](NC(=O)CNC1CCCC1)C(=O)O. The van der Waals surface area contributed by atoms with Gasteiger partial charge < -0.3 is 15.7 Å². The molecule has 0 aromatic rings. The maximum atomic E-state index is 11.6. The fourth-order valence-corrected chi connectivity index (χ4v) is 2.11. The van der Waals surface area contributed by atoms with E-state index in [1.807, 2.05) is 0 Å². The zero-order chi connectivity index (χ0) is 12.8. The number of amides is 1. The summed E-state index contributed by atoms with van der Waals surface area (Å²) in [7, 11) is 0. The summed E-state index contributed by atoms with van der Waals surface area (Å²) in [5.41, 5.74) is 0. The molecule has 1 fully saturated rings. The van der Waals surface area contributed by atoms with Crippen molar-refractivity contribution in [2.45, 2.75) is 51.6 Å². The zero-order valence-corrected chi connectivity index (χ0v) is 10.5. The Hall–Kier alpha value is -1.10. The molecule has 0 aromatic heterocycles. The molecule has 1 atom stereocenters. The molecule has 3 N–H and O–H groups in total. The third kappa shape index (κ3) is 4.73. The van der Waals surface area contributed by atoms with Gasteiger partial charge in [-0.15, -0.1) is 0 Å². The van der Waals surface area contributed by atoms with E-state index in [2.05, 4.69) is 10.6 Å². The molecule has 1 amide bonds. The van der Waals surface area contributed by atoms with Crippen LogP contribution in [0.25, 0.3) is 0 Å². The van der Waals surface area contributed by atoms with Crippen LogP contribution in [-0.4, -0.2) is 35.6 Å². The summed E-state index contributed by atoms with van der Waals surface area (Å²) in [4.78, 5) is 22.5. The first-order valence-electron chi connectivity index (χ1n) is 6.26. The van der Waals surface area contributed by atoms with Crippen LogP contribution in [0.1, 0.15) is 39.5 Å². The highest BCUT2D eigenvalue weighted by atomic mass is 16.4. The maximum absolute atomic E-state index is 11.6. The maximum Gasteiger partial charge on any atom is 0.326 e. The number of nitrogens with one attached hydrogen (secondary N) is 2. The van der Waals surface area contributed by atoms with Gasteiger partial charge in [0.1, 0.15) is 6.04 Å². The third-order valence-electron chi connectivity index (χ3n) is 3.16. The van der Waals surface area contributed by atoms with E-state index in [0.29, 0.717) is 6.04 Å². The molecule has 0 aromatic carbocycles. The highest BCUT2D eigenvalue weighted by Gasteiger charge is 2.23. The Morgan fingerprint density at radius 1 is 1.29 bits per heavy atom. The molecule has 0 saturated heterocycles. The Morgan fingerprint density at radius 3 is 2.35 bits per heavy atom. The lowest BCUT2D eigenvalue weighted by molar-refractivity contribution is -0.143. The van der Waals surface area contributed by atoms with Crippen molar-refractivity contribution >= 4 is 11.9 Å². The van der Waals surface area contributed by atoms with Gasteiger partial charge in [0, 0.05) is 6.04 Å². The Morgan fingerprint density at radius 2 is 1.88 bits per heavy atom. The van der Waals surface area contributed by atoms with Gasteiger partial charge in [0.15, 0.2) is 0 Å². The normalized spacial score (nSPS) is 18.3. The fraction of sp³-hybridized carbons (Fsp3) is 0.833. The molecule has 1 rings (SSSR count). The van der Waals surface area contributed by atoms with Crippen LogP contribution in [-0.2, 0) is 9.59 Å². The van der Waals surface area contributed by atoms with Crippen molar-refractivity contribution in [1.82, 2.24) is 10.6 Å². The van der Waals surface area contributed by atoms with Gasteiger partial charge in [0.2, 0.25) is 5.91 Å². The van der Waals surface area contributed by atoms with E-state index in [-0.39, 0.29) is 18.4 Å². The first-order chi connectivity index (χ1) is 8.00. The van der Waals surface area contributed by atoms with Crippen molar-refractivity contribution in [2.24, 2.45) is 5.92 Å². The molecule has 5 nitrogen and oxygen atoms in total. The Labute approximate surface area is 102 Å². The van der Waals surface area contributed by atoms with E-state index in [0.717, 1.165) is 12.8 Å². The molecule has 1 aliphatic carbocycles. The fourth-order valence-electron chi connectivity index (χ4n) is 2.11. The summed E-state index contributed by atoms with van der Waals surface area (Å²) in [6, 6.07) is -0.379. The Kier molecular flexibility index (Phi) is 5.41. The quantitative estimate of drug-likeness (QED) is 0.642. The predicted molar refractivity (Wildman–Crippen MR) is 64.7 cm³/mol. The Bertz CT molecular complexity index is 273. The summed E-state index contributed by atoms with van der Waals surface area (Å²) in [6.45, 7) is 3.77. The second kappa shape index (κ2) is 6.59. The van der Waals surface area contributed by atoms with Crippen LogP contribution in [0.5, 0.6) is 0 Å². The molecule has 0 aliphatic heterocycles. The minimum atomic E-state index is -0.978. The van der Waals surface area contributed by atoms with Crippen molar-refractivity contribution < 1.29 is 14.7 Å². The van der Waals surface area contributed by atoms with E-state index in [1.54, 1.807) is 13.8 Å². The number of rotatable bonds is 6. The largest absolute Gasteiger partial charge is 0.480 e. The van der Waals surface area contributed by atoms with Crippen LogP contribution in [0.4, 0.5) is 0 Å². The van der Waals surface area contributed by atoms with Crippen molar-refractivity contribution in [3.05, 3.63) is 0 Å². The smallest absolute Gasteiger partial charge is 0.326 e. The van der Waals surface area contributed by atoms with Gasteiger partial charge in [0.25, 0.3) is 0 Å². The first kappa shape index (κ1) is 14.0. The van der Waals surface area contributed by atoms with Gasteiger partial charge in [-0.2, -0.15) is 0 Å². The van der Waals surface area contributed by atoms with Gasteiger partial charge in [-0.05, 0) is 18.8 Å². The van der Waals surface area contributed by atoms with Gasteiger partial charge >= 0.3 is 5.97 Å². The van der Waals surface area contributed by atoms with Crippen LogP contribution in [0, 0.1) is 5.92 Å². The second-order valence-electron chi connectivity index (χ2n) is 4.99.